The summed E-state index contributed by atoms with van der Waals surface area (Å²) >= 11 is 7.91. The highest BCUT2D eigenvalue weighted by Crippen LogP contribution is 2.28. The van der Waals surface area contributed by atoms with E-state index in [1.807, 2.05) is 24.3 Å². The van der Waals surface area contributed by atoms with Crippen LogP contribution in [0.1, 0.15) is 5.56 Å². The smallest absolute Gasteiger partial charge is 0.139 e. The van der Waals surface area contributed by atoms with Crippen molar-refractivity contribution in [2.45, 2.75) is 11.9 Å². The van der Waals surface area contributed by atoms with Gasteiger partial charge in [-0.25, -0.2) is 4.98 Å². The summed E-state index contributed by atoms with van der Waals surface area (Å²) in [7, 11) is 0. The Kier molecular flexibility index (Phi) is 3.68. The number of nitrogens with zero attached hydrogens (tertiary/aromatic N) is 1. The molecular formula is C16H13BrN2S. The zero-order valence-corrected chi connectivity index (χ0v) is 13.4. The molecule has 0 fully saturated rings. The molecule has 0 unspecified atom stereocenters. The lowest BCUT2D eigenvalue weighted by Crippen LogP contribution is -1.81. The van der Waals surface area contributed by atoms with Crippen molar-refractivity contribution in [2.24, 2.45) is 0 Å². The molecule has 1 N–H and O–H groups in total. The number of rotatable bonds is 2. The van der Waals surface area contributed by atoms with E-state index in [1.54, 1.807) is 0 Å². The van der Waals surface area contributed by atoms with Crippen LogP contribution in [-0.2, 0) is 0 Å². The molecule has 0 aliphatic rings. The van der Waals surface area contributed by atoms with Gasteiger partial charge >= 0.3 is 0 Å². The second-order valence-electron chi connectivity index (χ2n) is 4.66. The number of halogens is 1. The molecule has 2 aromatic carbocycles. The quantitative estimate of drug-likeness (QED) is 0.622. The van der Waals surface area contributed by atoms with Crippen LogP contribution in [0.15, 0.2) is 58.0 Å². The number of H-pyrrole nitrogens is 1. The average molecular weight is 345 g/mol. The number of aromatic amines is 1. The molecule has 0 radical (unpaired) electrons. The van der Waals surface area contributed by atoms with Gasteiger partial charge in [0.05, 0.1) is 5.69 Å². The van der Waals surface area contributed by atoms with Gasteiger partial charge in [0.2, 0.25) is 0 Å². The molecule has 0 spiro atoms. The fourth-order valence-corrected chi connectivity index (χ4v) is 2.58. The molecule has 1 aromatic heterocycles. The first kappa shape index (κ1) is 13.5. The summed E-state index contributed by atoms with van der Waals surface area (Å²) in [5, 5.41) is 0.715. The van der Waals surface area contributed by atoms with Gasteiger partial charge in [-0.2, -0.15) is 0 Å². The lowest BCUT2D eigenvalue weighted by molar-refractivity contribution is 1.21. The number of imidazole rings is 1. The molecule has 0 aliphatic carbocycles. The van der Waals surface area contributed by atoms with Gasteiger partial charge < -0.3 is 4.98 Å². The average Bonchev–Trinajstić information content (AvgIpc) is 2.82. The molecule has 2 nitrogen and oxygen atoms in total. The Morgan fingerprint density at radius 3 is 2.20 bits per heavy atom. The van der Waals surface area contributed by atoms with Gasteiger partial charge in [0.15, 0.2) is 0 Å². The van der Waals surface area contributed by atoms with Crippen LogP contribution < -0.4 is 0 Å². The molecule has 1 heterocycles. The Hall–Kier alpha value is -1.52. The Balaban J connectivity index is 2.02. The van der Waals surface area contributed by atoms with Crippen molar-refractivity contribution in [2.75, 3.05) is 0 Å². The highest BCUT2D eigenvalue weighted by atomic mass is 79.9. The highest BCUT2D eigenvalue weighted by molar-refractivity contribution is 9.10. The van der Waals surface area contributed by atoms with E-state index in [-0.39, 0.29) is 0 Å². The summed E-state index contributed by atoms with van der Waals surface area (Å²) in [6.45, 7) is 2.08. The predicted octanol–water partition coefficient (Wildman–Crippen LogP) is 5.10. The summed E-state index contributed by atoms with van der Waals surface area (Å²) in [6.07, 6.45) is 0. The standard InChI is InChI=1S/C16H13BrN2S/c1-10-2-4-11(5-3-10)14-16(20)19-15(18-14)12-6-8-13(17)9-7-12/h2-9,20H,1H3,(H,18,19). The maximum Gasteiger partial charge on any atom is 0.139 e. The van der Waals surface area contributed by atoms with Crippen molar-refractivity contribution in [3.8, 4) is 22.6 Å². The largest absolute Gasteiger partial charge is 0.337 e. The molecule has 20 heavy (non-hydrogen) atoms. The minimum Gasteiger partial charge on any atom is -0.337 e. The summed E-state index contributed by atoms with van der Waals surface area (Å²) in [6, 6.07) is 16.4. The minimum atomic E-state index is 0.715. The van der Waals surface area contributed by atoms with E-state index in [9.17, 15) is 0 Å². The zero-order chi connectivity index (χ0) is 14.1. The molecule has 0 atom stereocenters. The normalized spacial score (nSPS) is 10.8. The molecule has 3 rings (SSSR count). The first-order chi connectivity index (χ1) is 9.63. The van der Waals surface area contributed by atoms with Gasteiger partial charge in [-0.1, -0.05) is 57.9 Å². The van der Waals surface area contributed by atoms with Crippen molar-refractivity contribution in [3.05, 3.63) is 58.6 Å². The number of thiol groups is 1. The summed E-state index contributed by atoms with van der Waals surface area (Å²) in [5.41, 5.74) is 4.33. The van der Waals surface area contributed by atoms with Crippen molar-refractivity contribution in [1.82, 2.24) is 9.97 Å². The highest BCUT2D eigenvalue weighted by Gasteiger charge is 2.10. The van der Waals surface area contributed by atoms with Crippen LogP contribution >= 0.6 is 28.6 Å². The van der Waals surface area contributed by atoms with Gasteiger partial charge in [-0.15, -0.1) is 12.6 Å². The molecule has 0 amide bonds. The fraction of sp³-hybridized carbons (Fsp3) is 0.0625. The van der Waals surface area contributed by atoms with Crippen LogP contribution in [-0.4, -0.2) is 9.97 Å². The second kappa shape index (κ2) is 5.46. The van der Waals surface area contributed by atoms with Crippen LogP contribution in [0, 0.1) is 6.92 Å². The first-order valence-corrected chi connectivity index (χ1v) is 7.49. The third-order valence-corrected chi connectivity index (χ3v) is 3.99. The second-order valence-corrected chi connectivity index (χ2v) is 6.00. The van der Waals surface area contributed by atoms with E-state index in [0.29, 0.717) is 5.03 Å². The van der Waals surface area contributed by atoms with Crippen LogP contribution in [0.5, 0.6) is 0 Å². The summed E-state index contributed by atoms with van der Waals surface area (Å²) < 4.78 is 1.05. The maximum absolute atomic E-state index is 4.50. The molecule has 100 valence electrons. The van der Waals surface area contributed by atoms with Gasteiger partial charge in [0, 0.05) is 15.6 Å². The van der Waals surface area contributed by atoms with Gasteiger partial charge in [0.25, 0.3) is 0 Å². The summed E-state index contributed by atoms with van der Waals surface area (Å²) in [4.78, 5) is 7.85. The fourth-order valence-electron chi connectivity index (χ4n) is 2.03. The van der Waals surface area contributed by atoms with Gasteiger partial charge in [0.1, 0.15) is 10.9 Å². The number of benzene rings is 2. The van der Waals surface area contributed by atoms with Gasteiger partial charge in [-0.3, -0.25) is 0 Å². The van der Waals surface area contributed by atoms with E-state index < -0.39 is 0 Å². The third kappa shape index (κ3) is 2.67. The number of aryl methyl sites for hydroxylation is 1. The SMILES string of the molecule is Cc1ccc(-c2[nH]c(-c3ccc(Br)cc3)nc2S)cc1. The Labute approximate surface area is 131 Å². The van der Waals surface area contributed by atoms with Crippen molar-refractivity contribution in [1.29, 1.82) is 0 Å². The van der Waals surface area contributed by atoms with Gasteiger partial charge in [-0.05, 0) is 19.1 Å². The van der Waals surface area contributed by atoms with E-state index in [1.165, 1.54) is 5.56 Å². The lowest BCUT2D eigenvalue weighted by Gasteiger charge is -2.00. The number of nitrogens with one attached hydrogen (secondary N) is 1. The Bertz CT molecular complexity index is 730. The molecule has 0 saturated carbocycles. The number of hydrogen-bond donors (Lipinski definition) is 2. The van der Waals surface area contributed by atoms with Crippen molar-refractivity contribution >= 4 is 28.6 Å². The number of aromatic nitrogens is 2. The van der Waals surface area contributed by atoms with Crippen molar-refractivity contribution < 1.29 is 0 Å². The van der Waals surface area contributed by atoms with Crippen LogP contribution in [0.25, 0.3) is 22.6 Å². The van der Waals surface area contributed by atoms with E-state index in [0.717, 1.165) is 27.1 Å². The molecule has 3 aromatic rings. The van der Waals surface area contributed by atoms with Crippen molar-refractivity contribution in [3.63, 3.8) is 0 Å². The third-order valence-electron chi connectivity index (χ3n) is 3.14. The Morgan fingerprint density at radius 2 is 1.55 bits per heavy atom. The lowest BCUT2D eigenvalue weighted by atomic mass is 10.1. The van der Waals surface area contributed by atoms with Crippen LogP contribution in [0.3, 0.4) is 0 Å². The summed E-state index contributed by atoms with van der Waals surface area (Å²) in [5.74, 6) is 0.832. The first-order valence-electron chi connectivity index (χ1n) is 6.25. The monoisotopic (exact) mass is 344 g/mol. The molecule has 0 aliphatic heterocycles. The Morgan fingerprint density at radius 1 is 0.950 bits per heavy atom. The molecule has 0 saturated heterocycles. The van der Waals surface area contributed by atoms with Crippen LogP contribution in [0.2, 0.25) is 0 Å². The minimum absolute atomic E-state index is 0.715. The molecular weight excluding hydrogens is 332 g/mol. The zero-order valence-electron chi connectivity index (χ0n) is 10.9. The number of hydrogen-bond acceptors (Lipinski definition) is 2. The maximum atomic E-state index is 4.50. The molecule has 4 heteroatoms. The van der Waals surface area contributed by atoms with Crippen LogP contribution in [0.4, 0.5) is 0 Å². The predicted molar refractivity (Wildman–Crippen MR) is 89.1 cm³/mol. The van der Waals surface area contributed by atoms with E-state index in [4.69, 9.17) is 0 Å². The van der Waals surface area contributed by atoms with E-state index >= 15 is 0 Å². The van der Waals surface area contributed by atoms with E-state index in [2.05, 4.69) is 69.7 Å². The topological polar surface area (TPSA) is 28.7 Å². The molecule has 0 bridgehead atoms.